The van der Waals surface area contributed by atoms with Crippen molar-refractivity contribution < 1.29 is 4.79 Å². The van der Waals surface area contributed by atoms with Gasteiger partial charge in [0.15, 0.2) is 0 Å². The Balaban J connectivity index is 1.89. The topological polar surface area (TPSA) is 23.6 Å². The summed E-state index contributed by atoms with van der Waals surface area (Å²) >= 11 is 0. The predicted molar refractivity (Wildman–Crippen MR) is 56.1 cm³/mol. The highest BCUT2D eigenvalue weighted by atomic mass is 16.2. The van der Waals surface area contributed by atoms with Crippen LogP contribution in [-0.2, 0) is 4.79 Å². The van der Waals surface area contributed by atoms with E-state index in [4.69, 9.17) is 0 Å². The zero-order chi connectivity index (χ0) is 9.97. The molecule has 1 amide bonds. The van der Waals surface area contributed by atoms with Gasteiger partial charge in [-0.25, -0.2) is 0 Å². The molecule has 0 saturated carbocycles. The molecule has 0 radical (unpaired) electrons. The van der Waals surface area contributed by atoms with Gasteiger partial charge in [0.2, 0.25) is 5.91 Å². The summed E-state index contributed by atoms with van der Waals surface area (Å²) in [5.74, 6) is 0.351. The maximum atomic E-state index is 12.0. The summed E-state index contributed by atoms with van der Waals surface area (Å²) in [4.78, 5) is 16.4. The average Bonchev–Trinajstić information content (AvgIpc) is 2.87. The van der Waals surface area contributed by atoms with Gasteiger partial charge >= 0.3 is 0 Å². The minimum absolute atomic E-state index is 0.121. The molecule has 0 bridgehead atoms. The minimum atomic E-state index is 0.121. The van der Waals surface area contributed by atoms with Gasteiger partial charge in [-0.2, -0.15) is 0 Å². The van der Waals surface area contributed by atoms with Crippen LogP contribution in [0.4, 0.5) is 0 Å². The van der Waals surface area contributed by atoms with Crippen LogP contribution in [0.5, 0.6) is 0 Å². The Bertz CT molecular complexity index is 205. The Morgan fingerprint density at radius 2 is 1.50 bits per heavy atom. The first-order chi connectivity index (χ1) is 6.79. The molecule has 3 heteroatoms. The van der Waals surface area contributed by atoms with Crippen molar-refractivity contribution in [2.24, 2.45) is 0 Å². The van der Waals surface area contributed by atoms with Crippen LogP contribution in [0.3, 0.4) is 0 Å². The van der Waals surface area contributed by atoms with Crippen LogP contribution in [0.25, 0.3) is 0 Å². The molecule has 0 unspecified atom stereocenters. The van der Waals surface area contributed by atoms with Gasteiger partial charge in [0.05, 0.1) is 6.04 Å². The third-order valence-corrected chi connectivity index (χ3v) is 3.46. The third kappa shape index (κ3) is 1.92. The molecule has 0 aliphatic carbocycles. The van der Waals surface area contributed by atoms with Gasteiger partial charge in [0, 0.05) is 13.1 Å². The Hall–Kier alpha value is -0.570. The van der Waals surface area contributed by atoms with Crippen molar-refractivity contribution in [3.05, 3.63) is 0 Å². The number of likely N-dealkylation sites (tertiary alicyclic amines) is 2. The molecule has 2 aliphatic rings. The van der Waals surface area contributed by atoms with Gasteiger partial charge < -0.3 is 4.90 Å². The smallest absolute Gasteiger partial charge is 0.239 e. The number of amides is 1. The largest absolute Gasteiger partial charge is 0.341 e. The van der Waals surface area contributed by atoms with Crippen molar-refractivity contribution in [1.82, 2.24) is 9.80 Å². The normalized spacial score (nSPS) is 25.6. The Kier molecular flexibility index (Phi) is 3.06. The highest BCUT2D eigenvalue weighted by Gasteiger charge is 2.28. The van der Waals surface area contributed by atoms with Crippen molar-refractivity contribution in [2.75, 3.05) is 26.2 Å². The van der Waals surface area contributed by atoms with Crippen molar-refractivity contribution in [3.63, 3.8) is 0 Å². The van der Waals surface area contributed by atoms with E-state index in [1.165, 1.54) is 25.7 Å². The molecule has 14 heavy (non-hydrogen) atoms. The van der Waals surface area contributed by atoms with Crippen molar-refractivity contribution >= 4 is 5.91 Å². The lowest BCUT2D eigenvalue weighted by Gasteiger charge is -2.27. The van der Waals surface area contributed by atoms with E-state index in [1.807, 2.05) is 4.90 Å². The zero-order valence-corrected chi connectivity index (χ0v) is 9.04. The molecule has 3 nitrogen and oxygen atoms in total. The average molecular weight is 196 g/mol. The van der Waals surface area contributed by atoms with Crippen LogP contribution in [-0.4, -0.2) is 47.9 Å². The van der Waals surface area contributed by atoms with Crippen LogP contribution in [0.15, 0.2) is 0 Å². The maximum Gasteiger partial charge on any atom is 0.239 e. The SMILES string of the molecule is C[C@@H](C(=O)N1CCCC1)N1CCCC1. The van der Waals surface area contributed by atoms with Crippen LogP contribution < -0.4 is 0 Å². The number of nitrogens with zero attached hydrogens (tertiary/aromatic N) is 2. The van der Waals surface area contributed by atoms with Crippen molar-refractivity contribution in [1.29, 1.82) is 0 Å². The highest BCUT2D eigenvalue weighted by Crippen LogP contribution is 2.16. The summed E-state index contributed by atoms with van der Waals surface area (Å²) in [6, 6.07) is 0.121. The molecule has 2 rings (SSSR count). The second-order valence-corrected chi connectivity index (χ2v) is 4.45. The van der Waals surface area contributed by atoms with Crippen molar-refractivity contribution in [2.45, 2.75) is 38.6 Å². The van der Waals surface area contributed by atoms with Crippen LogP contribution >= 0.6 is 0 Å². The lowest BCUT2D eigenvalue weighted by Crippen LogP contribution is -2.45. The van der Waals surface area contributed by atoms with Gasteiger partial charge in [-0.05, 0) is 45.7 Å². The van der Waals surface area contributed by atoms with Gasteiger partial charge in [-0.1, -0.05) is 0 Å². The summed E-state index contributed by atoms with van der Waals surface area (Å²) in [7, 11) is 0. The molecule has 80 valence electrons. The van der Waals surface area contributed by atoms with Crippen molar-refractivity contribution in [3.8, 4) is 0 Å². The predicted octanol–water partition coefficient (Wildman–Crippen LogP) is 1.09. The fourth-order valence-corrected chi connectivity index (χ4v) is 2.49. The Morgan fingerprint density at radius 1 is 1.00 bits per heavy atom. The third-order valence-electron chi connectivity index (χ3n) is 3.46. The number of carbonyl (C=O) groups excluding carboxylic acids is 1. The summed E-state index contributed by atoms with van der Waals surface area (Å²) in [6.07, 6.45) is 4.91. The van der Waals surface area contributed by atoms with E-state index in [0.29, 0.717) is 5.91 Å². The molecule has 2 heterocycles. The first-order valence-corrected chi connectivity index (χ1v) is 5.82. The van der Waals surface area contributed by atoms with Gasteiger partial charge in [0.1, 0.15) is 0 Å². The highest BCUT2D eigenvalue weighted by molar-refractivity contribution is 5.81. The van der Waals surface area contributed by atoms with E-state index in [1.54, 1.807) is 0 Å². The summed E-state index contributed by atoms with van der Waals surface area (Å²) < 4.78 is 0. The molecule has 0 aromatic rings. The molecular formula is C11H20N2O. The Labute approximate surface area is 86.1 Å². The van der Waals surface area contributed by atoms with Crippen LogP contribution in [0.1, 0.15) is 32.6 Å². The molecule has 2 aliphatic heterocycles. The first kappa shape index (κ1) is 9.97. The van der Waals surface area contributed by atoms with E-state index in [-0.39, 0.29) is 6.04 Å². The minimum Gasteiger partial charge on any atom is -0.341 e. The number of rotatable bonds is 2. The van der Waals surface area contributed by atoms with Crippen LogP contribution in [0.2, 0.25) is 0 Å². The molecular weight excluding hydrogens is 176 g/mol. The molecule has 1 atom stereocenters. The second-order valence-electron chi connectivity index (χ2n) is 4.45. The summed E-state index contributed by atoms with van der Waals surface area (Å²) in [5, 5.41) is 0. The van der Waals surface area contributed by atoms with E-state index in [0.717, 1.165) is 26.2 Å². The van der Waals surface area contributed by atoms with E-state index >= 15 is 0 Å². The first-order valence-electron chi connectivity index (χ1n) is 5.82. The van der Waals surface area contributed by atoms with Gasteiger partial charge in [-0.3, -0.25) is 9.69 Å². The zero-order valence-electron chi connectivity index (χ0n) is 9.04. The Morgan fingerprint density at radius 3 is 2.07 bits per heavy atom. The lowest BCUT2D eigenvalue weighted by atomic mass is 10.2. The number of hydrogen-bond acceptors (Lipinski definition) is 2. The number of hydrogen-bond donors (Lipinski definition) is 0. The molecule has 2 fully saturated rings. The second kappa shape index (κ2) is 4.30. The quantitative estimate of drug-likeness (QED) is 0.660. The van der Waals surface area contributed by atoms with Gasteiger partial charge in [-0.15, -0.1) is 0 Å². The standard InChI is InChI=1S/C11H20N2O/c1-10(12-6-2-3-7-12)11(14)13-8-4-5-9-13/h10H,2-9H2,1H3/t10-/m0/s1. The van der Waals surface area contributed by atoms with Gasteiger partial charge in [0.25, 0.3) is 0 Å². The molecule has 0 aromatic heterocycles. The monoisotopic (exact) mass is 196 g/mol. The number of carbonyl (C=O) groups is 1. The molecule has 0 N–H and O–H groups in total. The summed E-state index contributed by atoms with van der Waals surface area (Å²) in [6.45, 7) is 6.25. The lowest BCUT2D eigenvalue weighted by molar-refractivity contribution is -0.134. The fraction of sp³-hybridized carbons (Fsp3) is 0.909. The van der Waals surface area contributed by atoms with E-state index < -0.39 is 0 Å². The molecule has 0 spiro atoms. The maximum absolute atomic E-state index is 12.0. The van der Waals surface area contributed by atoms with E-state index in [2.05, 4.69) is 11.8 Å². The summed E-state index contributed by atoms with van der Waals surface area (Å²) in [5.41, 5.74) is 0. The molecule has 0 aromatic carbocycles. The molecule has 2 saturated heterocycles. The van der Waals surface area contributed by atoms with E-state index in [9.17, 15) is 4.79 Å². The van der Waals surface area contributed by atoms with Crippen LogP contribution in [0, 0.1) is 0 Å². The fourth-order valence-electron chi connectivity index (χ4n) is 2.49.